The zero-order valence-electron chi connectivity index (χ0n) is 17.1. The Morgan fingerprint density at radius 1 is 1.00 bits per heavy atom. The van der Waals surface area contributed by atoms with E-state index in [-0.39, 0.29) is 11.4 Å². The lowest BCUT2D eigenvalue weighted by molar-refractivity contribution is -0.117. The summed E-state index contributed by atoms with van der Waals surface area (Å²) in [7, 11) is 0. The van der Waals surface area contributed by atoms with Crippen molar-refractivity contribution in [2.75, 3.05) is 4.90 Å². The highest BCUT2D eigenvalue weighted by Crippen LogP contribution is 2.44. The van der Waals surface area contributed by atoms with Gasteiger partial charge in [-0.1, -0.05) is 89.8 Å². The smallest absolute Gasteiger partial charge is 0.296 e. The summed E-state index contributed by atoms with van der Waals surface area (Å²) in [6.45, 7) is 0. The summed E-state index contributed by atoms with van der Waals surface area (Å²) >= 11 is 4.06. The number of benzene rings is 2. The Balaban J connectivity index is 1.49. The molecule has 1 N–H and O–H groups in total. The molecule has 1 atom stereocenters. The molecule has 5 rings (SSSR count). The second kappa shape index (κ2) is 9.30. The molecular formula is C24H17N3O3S3. The molecule has 1 aliphatic rings. The van der Waals surface area contributed by atoms with E-state index in [2.05, 4.69) is 10.2 Å². The molecule has 9 heteroatoms. The van der Waals surface area contributed by atoms with Gasteiger partial charge in [0, 0.05) is 5.75 Å². The third-order valence-electron chi connectivity index (χ3n) is 5.12. The molecule has 0 saturated carbocycles. The van der Waals surface area contributed by atoms with E-state index in [0.29, 0.717) is 19.9 Å². The summed E-state index contributed by atoms with van der Waals surface area (Å²) in [5.74, 6) is -0.845. The van der Waals surface area contributed by atoms with Gasteiger partial charge in [0.15, 0.2) is 10.1 Å². The maximum Gasteiger partial charge on any atom is 0.296 e. The molecule has 0 aliphatic carbocycles. The SMILES string of the molecule is O=C(C1=C(O)C(=O)N(c2nnc(SCc3ccccc3)s2)C1c1ccccc1)c1cccs1. The number of carbonyl (C=O) groups excluding carboxylic acids is 2. The summed E-state index contributed by atoms with van der Waals surface area (Å²) in [5.41, 5.74) is 1.92. The Kier molecular flexibility index (Phi) is 6.08. The lowest BCUT2D eigenvalue weighted by Crippen LogP contribution is -2.30. The van der Waals surface area contributed by atoms with E-state index in [9.17, 15) is 14.7 Å². The second-order valence-electron chi connectivity index (χ2n) is 7.18. The molecule has 0 bridgehead atoms. The van der Waals surface area contributed by atoms with Crippen molar-refractivity contribution in [1.29, 1.82) is 0 Å². The summed E-state index contributed by atoms with van der Waals surface area (Å²) in [5, 5.41) is 21.4. The molecular weight excluding hydrogens is 474 g/mol. The van der Waals surface area contributed by atoms with E-state index < -0.39 is 17.7 Å². The van der Waals surface area contributed by atoms with Gasteiger partial charge in [-0.25, -0.2) is 0 Å². The molecule has 0 fully saturated rings. The molecule has 3 heterocycles. The molecule has 4 aromatic rings. The van der Waals surface area contributed by atoms with Gasteiger partial charge in [-0.05, 0) is 22.6 Å². The van der Waals surface area contributed by atoms with Crippen LogP contribution in [0.1, 0.15) is 26.8 Å². The number of aliphatic hydroxyl groups is 1. The Morgan fingerprint density at radius 3 is 2.42 bits per heavy atom. The van der Waals surface area contributed by atoms with Crippen LogP contribution in [-0.2, 0) is 10.5 Å². The summed E-state index contributed by atoms with van der Waals surface area (Å²) in [4.78, 5) is 28.3. The number of hydrogen-bond donors (Lipinski definition) is 1. The average molecular weight is 492 g/mol. The van der Waals surface area contributed by atoms with Crippen molar-refractivity contribution >= 4 is 51.3 Å². The van der Waals surface area contributed by atoms with Crippen molar-refractivity contribution < 1.29 is 14.7 Å². The molecule has 0 saturated heterocycles. The van der Waals surface area contributed by atoms with Crippen molar-refractivity contribution in [2.24, 2.45) is 0 Å². The number of anilines is 1. The predicted molar refractivity (Wildman–Crippen MR) is 131 cm³/mol. The van der Waals surface area contributed by atoms with Gasteiger partial charge >= 0.3 is 0 Å². The van der Waals surface area contributed by atoms with Crippen molar-refractivity contribution in [2.45, 2.75) is 16.1 Å². The number of Topliss-reactive ketones (excluding diaryl/α,β-unsaturated/α-hetero) is 1. The van der Waals surface area contributed by atoms with Crippen molar-refractivity contribution in [3.05, 3.63) is 106 Å². The fourth-order valence-electron chi connectivity index (χ4n) is 3.60. The van der Waals surface area contributed by atoms with E-state index >= 15 is 0 Å². The minimum absolute atomic E-state index is 0.0577. The number of carbonyl (C=O) groups is 2. The quantitative estimate of drug-likeness (QED) is 0.204. The third kappa shape index (κ3) is 4.22. The maximum absolute atomic E-state index is 13.3. The van der Waals surface area contributed by atoms with E-state index in [1.54, 1.807) is 17.5 Å². The van der Waals surface area contributed by atoms with Crippen LogP contribution in [0.4, 0.5) is 5.13 Å². The van der Waals surface area contributed by atoms with Crippen LogP contribution in [0, 0.1) is 0 Å². The van der Waals surface area contributed by atoms with Crippen molar-refractivity contribution in [3.8, 4) is 0 Å². The first-order chi connectivity index (χ1) is 16.1. The number of amides is 1. The predicted octanol–water partition coefficient (Wildman–Crippen LogP) is 5.67. The highest BCUT2D eigenvalue weighted by atomic mass is 32.2. The number of ketones is 1. The van der Waals surface area contributed by atoms with Gasteiger partial charge in [0.05, 0.1) is 16.5 Å². The topological polar surface area (TPSA) is 83.4 Å². The van der Waals surface area contributed by atoms with Gasteiger partial charge in [0.1, 0.15) is 0 Å². The summed E-state index contributed by atoms with van der Waals surface area (Å²) < 4.78 is 0.700. The first-order valence-electron chi connectivity index (χ1n) is 10.0. The Hall–Kier alpha value is -3.27. The standard InChI is InChI=1S/C24H17N3O3S3/c28-20(17-12-7-13-31-17)18-19(16-10-5-2-6-11-16)27(22(30)21(18)29)23-25-26-24(33-23)32-14-15-8-3-1-4-9-15/h1-13,19,29H,14H2. The van der Waals surface area contributed by atoms with E-state index in [4.69, 9.17) is 0 Å². The molecule has 6 nitrogen and oxygen atoms in total. The van der Waals surface area contributed by atoms with E-state index in [1.165, 1.54) is 39.3 Å². The average Bonchev–Trinajstić information content (AvgIpc) is 3.60. The molecule has 164 valence electrons. The fourth-order valence-corrected chi connectivity index (χ4v) is 6.10. The summed E-state index contributed by atoms with van der Waals surface area (Å²) in [6.07, 6.45) is 0. The van der Waals surface area contributed by atoms with Crippen LogP contribution in [0.15, 0.2) is 93.8 Å². The van der Waals surface area contributed by atoms with Crippen LogP contribution < -0.4 is 4.90 Å². The first-order valence-corrected chi connectivity index (χ1v) is 12.7. The van der Waals surface area contributed by atoms with Crippen LogP contribution in [0.25, 0.3) is 0 Å². The van der Waals surface area contributed by atoms with Gasteiger partial charge < -0.3 is 5.11 Å². The number of thioether (sulfide) groups is 1. The Morgan fingerprint density at radius 2 is 1.73 bits per heavy atom. The largest absolute Gasteiger partial charge is 0.503 e. The van der Waals surface area contributed by atoms with Gasteiger partial charge in [-0.2, -0.15) is 0 Å². The minimum atomic E-state index is -0.784. The molecule has 1 aliphatic heterocycles. The normalized spacial score (nSPS) is 15.9. The number of aliphatic hydroxyl groups excluding tert-OH is 1. The molecule has 0 radical (unpaired) electrons. The maximum atomic E-state index is 13.3. The molecule has 2 aromatic carbocycles. The van der Waals surface area contributed by atoms with Crippen LogP contribution in [-0.4, -0.2) is 27.0 Å². The lowest BCUT2D eigenvalue weighted by atomic mass is 9.96. The lowest BCUT2D eigenvalue weighted by Gasteiger charge is -2.23. The van der Waals surface area contributed by atoms with E-state index in [1.807, 2.05) is 60.7 Å². The second-order valence-corrected chi connectivity index (χ2v) is 10.3. The summed E-state index contributed by atoms with van der Waals surface area (Å²) in [6, 6.07) is 21.9. The third-order valence-corrected chi connectivity index (χ3v) is 8.12. The minimum Gasteiger partial charge on any atom is -0.503 e. The van der Waals surface area contributed by atoms with Crippen LogP contribution >= 0.6 is 34.4 Å². The zero-order chi connectivity index (χ0) is 22.8. The molecule has 33 heavy (non-hydrogen) atoms. The van der Waals surface area contributed by atoms with Gasteiger partial charge in [0.25, 0.3) is 5.91 Å². The van der Waals surface area contributed by atoms with Crippen LogP contribution in [0.5, 0.6) is 0 Å². The molecule has 2 aromatic heterocycles. The van der Waals surface area contributed by atoms with Gasteiger partial charge in [-0.15, -0.1) is 21.5 Å². The highest BCUT2D eigenvalue weighted by molar-refractivity contribution is 8.00. The number of rotatable bonds is 7. The zero-order valence-corrected chi connectivity index (χ0v) is 19.6. The Labute approximate surface area is 202 Å². The van der Waals surface area contributed by atoms with Crippen molar-refractivity contribution in [1.82, 2.24) is 10.2 Å². The number of aromatic nitrogens is 2. The van der Waals surface area contributed by atoms with Gasteiger partial charge in [-0.3, -0.25) is 14.5 Å². The molecule has 1 unspecified atom stereocenters. The number of nitrogens with zero attached hydrogens (tertiary/aromatic N) is 3. The number of thiophene rings is 1. The van der Waals surface area contributed by atoms with Gasteiger partial charge in [0.2, 0.25) is 10.9 Å². The first kappa shape index (κ1) is 21.6. The van der Waals surface area contributed by atoms with Crippen molar-refractivity contribution in [3.63, 3.8) is 0 Å². The molecule has 0 spiro atoms. The van der Waals surface area contributed by atoms with E-state index in [0.717, 1.165) is 11.3 Å². The number of hydrogen-bond acceptors (Lipinski definition) is 8. The Bertz CT molecular complexity index is 1320. The van der Waals surface area contributed by atoms with Crippen LogP contribution in [0.2, 0.25) is 0 Å². The monoisotopic (exact) mass is 491 g/mol. The van der Waals surface area contributed by atoms with Crippen LogP contribution in [0.3, 0.4) is 0 Å². The molecule has 1 amide bonds. The fraction of sp³-hybridized carbons (Fsp3) is 0.0833. The highest BCUT2D eigenvalue weighted by Gasteiger charge is 2.46.